The topological polar surface area (TPSA) is 104 Å². The molecule has 0 amide bonds. The molecule has 0 aliphatic heterocycles. The molecule has 9 heteroatoms. The number of esters is 1. The van der Waals surface area contributed by atoms with Crippen LogP contribution in [-0.2, 0) is 9.53 Å². The molecule has 0 aromatic carbocycles. The molecule has 112 valence electrons. The van der Waals surface area contributed by atoms with Gasteiger partial charge in [-0.15, -0.1) is 20.4 Å². The van der Waals surface area contributed by atoms with E-state index in [2.05, 4.69) is 20.4 Å². The van der Waals surface area contributed by atoms with E-state index < -0.39 is 11.5 Å². The summed E-state index contributed by atoms with van der Waals surface area (Å²) in [5.41, 5.74) is 0.718. The van der Waals surface area contributed by atoms with Crippen molar-refractivity contribution in [3.05, 3.63) is 40.1 Å². The van der Waals surface area contributed by atoms with Crippen molar-refractivity contribution in [2.45, 2.75) is 13.8 Å². The quantitative estimate of drug-likeness (QED) is 0.499. The number of nitrogens with zero attached hydrogens (tertiary/aromatic N) is 6. The fourth-order valence-electron chi connectivity index (χ4n) is 1.97. The Morgan fingerprint density at radius 2 is 2.05 bits per heavy atom. The van der Waals surface area contributed by atoms with E-state index >= 15 is 0 Å². The lowest BCUT2D eigenvalue weighted by Gasteiger charge is -2.04. The number of aromatic nitrogens is 6. The van der Waals surface area contributed by atoms with Gasteiger partial charge in [0.25, 0.3) is 5.56 Å². The fraction of sp³-hybridized carbons (Fsp3) is 0.231. The van der Waals surface area contributed by atoms with Crippen LogP contribution in [0.25, 0.3) is 17.4 Å². The molecule has 0 bridgehead atoms. The van der Waals surface area contributed by atoms with Crippen LogP contribution in [0.15, 0.2) is 28.8 Å². The highest BCUT2D eigenvalue weighted by Gasteiger charge is 2.11. The molecule has 0 saturated heterocycles. The van der Waals surface area contributed by atoms with E-state index in [0.29, 0.717) is 11.3 Å². The summed E-state index contributed by atoms with van der Waals surface area (Å²) in [5.74, 6) is -0.503. The van der Waals surface area contributed by atoms with Crippen molar-refractivity contribution >= 4 is 23.3 Å². The third-order valence-electron chi connectivity index (χ3n) is 2.99. The molecule has 3 aromatic rings. The molecule has 0 fully saturated rings. The van der Waals surface area contributed by atoms with E-state index in [0.717, 1.165) is 0 Å². The zero-order valence-corrected chi connectivity index (χ0v) is 11.9. The Kier molecular flexibility index (Phi) is 3.37. The normalized spacial score (nSPS) is 12.0. The number of hydrogen-bond donors (Lipinski definition) is 0. The van der Waals surface area contributed by atoms with E-state index in [9.17, 15) is 9.59 Å². The van der Waals surface area contributed by atoms with Crippen molar-refractivity contribution in [1.29, 1.82) is 0 Å². The molecule has 3 aromatic heterocycles. The van der Waals surface area contributed by atoms with Gasteiger partial charge in [0.1, 0.15) is 6.33 Å². The van der Waals surface area contributed by atoms with Crippen molar-refractivity contribution < 1.29 is 9.53 Å². The number of rotatable bonds is 3. The third kappa shape index (κ3) is 2.22. The van der Waals surface area contributed by atoms with Crippen LogP contribution in [0.4, 0.5) is 0 Å². The van der Waals surface area contributed by atoms with Crippen molar-refractivity contribution in [2.75, 3.05) is 6.61 Å². The highest BCUT2D eigenvalue weighted by atomic mass is 16.5. The molecule has 3 rings (SSSR count). The van der Waals surface area contributed by atoms with Crippen LogP contribution in [-0.4, -0.2) is 42.0 Å². The lowest BCUT2D eigenvalue weighted by atomic mass is 10.2. The van der Waals surface area contributed by atoms with E-state index in [4.69, 9.17) is 4.74 Å². The van der Waals surface area contributed by atoms with Gasteiger partial charge in [0.15, 0.2) is 17.0 Å². The van der Waals surface area contributed by atoms with Gasteiger partial charge < -0.3 is 4.74 Å². The Morgan fingerprint density at radius 3 is 2.82 bits per heavy atom. The minimum absolute atomic E-state index is 0.0317. The molecule has 0 unspecified atom stereocenters. The first kappa shape index (κ1) is 13.9. The fourth-order valence-corrected chi connectivity index (χ4v) is 1.97. The predicted octanol–water partition coefficient (Wildman–Crippen LogP) is 0.0986. The molecule has 9 nitrogen and oxygen atoms in total. The van der Waals surface area contributed by atoms with Gasteiger partial charge in [-0.05, 0) is 32.1 Å². The van der Waals surface area contributed by atoms with Crippen molar-refractivity contribution in [3.8, 4) is 0 Å². The summed E-state index contributed by atoms with van der Waals surface area (Å²) in [4.78, 5) is 24.2. The van der Waals surface area contributed by atoms with Crippen LogP contribution in [0.2, 0.25) is 0 Å². The second-order valence-electron chi connectivity index (χ2n) is 4.48. The minimum atomic E-state index is -0.503. The van der Waals surface area contributed by atoms with Gasteiger partial charge in [-0.1, -0.05) is 0 Å². The van der Waals surface area contributed by atoms with Crippen LogP contribution in [0, 0.1) is 0 Å². The van der Waals surface area contributed by atoms with E-state index in [1.807, 2.05) is 0 Å². The average Bonchev–Trinajstić information content (AvgIpc) is 2.98. The van der Waals surface area contributed by atoms with Crippen LogP contribution >= 0.6 is 0 Å². The first-order chi connectivity index (χ1) is 10.6. The summed E-state index contributed by atoms with van der Waals surface area (Å²) in [6.07, 6.45) is 2.75. The lowest BCUT2D eigenvalue weighted by molar-refractivity contribution is -0.138. The largest absolute Gasteiger partial charge is 0.463 e. The SMILES string of the molecule is CCOC(=O)/C(C)=C/c1nnc2ccc3nncn3n2c1=O. The summed E-state index contributed by atoms with van der Waals surface area (Å²) in [5, 5.41) is 15.4. The van der Waals surface area contributed by atoms with Crippen LogP contribution in [0.3, 0.4) is 0 Å². The lowest BCUT2D eigenvalue weighted by Crippen LogP contribution is -2.24. The molecular formula is C13H12N6O3. The van der Waals surface area contributed by atoms with Crippen molar-refractivity contribution in [2.24, 2.45) is 0 Å². The Labute approximate surface area is 123 Å². The smallest absolute Gasteiger partial charge is 0.333 e. The number of ether oxygens (including phenoxy) is 1. The van der Waals surface area contributed by atoms with Crippen LogP contribution in [0.1, 0.15) is 19.5 Å². The average molecular weight is 300 g/mol. The summed E-state index contributed by atoms with van der Waals surface area (Å²) in [7, 11) is 0. The van der Waals surface area contributed by atoms with E-state index in [1.54, 1.807) is 26.0 Å². The number of fused-ring (bicyclic) bond motifs is 3. The second kappa shape index (κ2) is 5.35. The Morgan fingerprint density at radius 1 is 1.27 bits per heavy atom. The molecule has 0 aliphatic rings. The second-order valence-corrected chi connectivity index (χ2v) is 4.48. The molecule has 0 spiro atoms. The highest BCUT2D eigenvalue weighted by Crippen LogP contribution is 2.04. The molecule has 0 aliphatic carbocycles. The third-order valence-corrected chi connectivity index (χ3v) is 2.99. The minimum Gasteiger partial charge on any atom is -0.463 e. The number of carbonyl (C=O) groups excluding carboxylic acids is 1. The van der Waals surface area contributed by atoms with Gasteiger partial charge in [-0.3, -0.25) is 4.79 Å². The summed E-state index contributed by atoms with van der Waals surface area (Å²) < 4.78 is 7.62. The number of hydrogen-bond acceptors (Lipinski definition) is 7. The van der Waals surface area contributed by atoms with E-state index in [1.165, 1.54) is 21.4 Å². The van der Waals surface area contributed by atoms with Gasteiger partial charge >= 0.3 is 5.97 Å². The molecule has 22 heavy (non-hydrogen) atoms. The van der Waals surface area contributed by atoms with Crippen LogP contribution in [0.5, 0.6) is 0 Å². The van der Waals surface area contributed by atoms with Gasteiger partial charge in [-0.25, -0.2) is 9.31 Å². The number of carbonyl (C=O) groups is 1. The standard InChI is InChI=1S/C13H12N6O3/c1-3-22-13(21)8(2)6-9-12(20)19-11(17-15-9)5-4-10-16-14-7-18(10)19/h4-7H,3H2,1-2H3/b8-6+. The highest BCUT2D eigenvalue weighted by molar-refractivity contribution is 5.92. The first-order valence-electron chi connectivity index (χ1n) is 6.55. The first-order valence-corrected chi connectivity index (χ1v) is 6.55. The monoisotopic (exact) mass is 300 g/mol. The van der Waals surface area contributed by atoms with Gasteiger partial charge in [-0.2, -0.15) is 4.52 Å². The van der Waals surface area contributed by atoms with Crippen molar-refractivity contribution in [1.82, 2.24) is 29.4 Å². The molecule has 0 atom stereocenters. The van der Waals surface area contributed by atoms with Crippen LogP contribution < -0.4 is 5.56 Å². The Balaban J connectivity index is 2.20. The zero-order valence-electron chi connectivity index (χ0n) is 11.9. The van der Waals surface area contributed by atoms with Gasteiger partial charge in [0, 0.05) is 5.57 Å². The maximum Gasteiger partial charge on any atom is 0.333 e. The molecular weight excluding hydrogens is 288 g/mol. The maximum absolute atomic E-state index is 12.5. The molecule has 0 N–H and O–H groups in total. The predicted molar refractivity (Wildman–Crippen MR) is 76.1 cm³/mol. The Bertz CT molecular complexity index is 955. The summed E-state index contributed by atoms with van der Waals surface area (Å²) in [6, 6.07) is 3.29. The summed E-state index contributed by atoms with van der Waals surface area (Å²) in [6.45, 7) is 3.51. The molecule has 0 saturated carbocycles. The zero-order chi connectivity index (χ0) is 15.7. The van der Waals surface area contributed by atoms with Crippen molar-refractivity contribution in [3.63, 3.8) is 0 Å². The molecule has 3 heterocycles. The Hall–Kier alpha value is -3.10. The maximum atomic E-state index is 12.5. The van der Waals surface area contributed by atoms with E-state index in [-0.39, 0.29) is 17.9 Å². The summed E-state index contributed by atoms with van der Waals surface area (Å²) >= 11 is 0. The van der Waals surface area contributed by atoms with Gasteiger partial charge in [0.05, 0.1) is 6.61 Å². The van der Waals surface area contributed by atoms with Gasteiger partial charge in [0.2, 0.25) is 0 Å². The molecule has 0 radical (unpaired) electrons.